The molecule has 0 amide bonds. The molecule has 0 aliphatic carbocycles. The smallest absolute Gasteiger partial charge is 0.152 e. The summed E-state index contributed by atoms with van der Waals surface area (Å²) in [4.78, 5) is 4.11. The van der Waals surface area contributed by atoms with Crippen molar-refractivity contribution >= 4 is 5.84 Å². The van der Waals surface area contributed by atoms with Gasteiger partial charge >= 0.3 is 0 Å². The van der Waals surface area contributed by atoms with Crippen molar-refractivity contribution in [1.82, 2.24) is 5.32 Å². The fourth-order valence-electron chi connectivity index (χ4n) is 1.43. The molecule has 3 nitrogen and oxygen atoms in total. The predicted octanol–water partition coefficient (Wildman–Crippen LogP) is 2.01. The van der Waals surface area contributed by atoms with Crippen LogP contribution in [0.25, 0.3) is 0 Å². The Morgan fingerprint density at radius 2 is 2.07 bits per heavy atom. The summed E-state index contributed by atoms with van der Waals surface area (Å²) >= 11 is 0. The molecule has 0 saturated carbocycles. The molecule has 1 aromatic rings. The highest BCUT2D eigenvalue weighted by molar-refractivity contribution is 5.86. The van der Waals surface area contributed by atoms with Gasteiger partial charge in [-0.1, -0.05) is 18.2 Å². The summed E-state index contributed by atoms with van der Waals surface area (Å²) in [7, 11) is 3.60. The molecular weight excluding hydrogens is 188 g/mol. The number of hydrogen-bond acceptors (Lipinski definition) is 2. The topological polar surface area (TPSA) is 33.6 Å². The van der Waals surface area contributed by atoms with Crippen molar-refractivity contribution in [3.05, 3.63) is 29.8 Å². The number of para-hydroxylation sites is 1. The molecule has 82 valence electrons. The van der Waals surface area contributed by atoms with Crippen LogP contribution in [0.2, 0.25) is 0 Å². The number of aliphatic imine (C=N–C) groups is 1. The van der Waals surface area contributed by atoms with Crippen LogP contribution in [0, 0.1) is 6.92 Å². The summed E-state index contributed by atoms with van der Waals surface area (Å²) in [5, 5.41) is 3.02. The Kier molecular flexibility index (Phi) is 4.16. The third-order valence-electron chi connectivity index (χ3n) is 2.28. The molecule has 0 heterocycles. The van der Waals surface area contributed by atoms with Gasteiger partial charge in [0.05, 0.1) is 0 Å². The van der Waals surface area contributed by atoms with Crippen LogP contribution in [-0.4, -0.2) is 26.0 Å². The van der Waals surface area contributed by atoms with E-state index in [1.54, 1.807) is 7.05 Å². The average molecular weight is 206 g/mol. The van der Waals surface area contributed by atoms with Gasteiger partial charge < -0.3 is 10.1 Å². The lowest BCUT2D eigenvalue weighted by Crippen LogP contribution is -2.34. The van der Waals surface area contributed by atoms with Gasteiger partial charge in [0.1, 0.15) is 11.6 Å². The van der Waals surface area contributed by atoms with E-state index in [1.807, 2.05) is 45.2 Å². The van der Waals surface area contributed by atoms with Crippen LogP contribution in [0.15, 0.2) is 29.3 Å². The van der Waals surface area contributed by atoms with Crippen molar-refractivity contribution in [3.63, 3.8) is 0 Å². The minimum absolute atomic E-state index is 0.0545. The minimum Gasteiger partial charge on any atom is -0.483 e. The molecule has 0 aliphatic rings. The van der Waals surface area contributed by atoms with E-state index in [4.69, 9.17) is 4.74 Å². The maximum atomic E-state index is 5.80. The van der Waals surface area contributed by atoms with E-state index in [0.717, 1.165) is 17.1 Å². The minimum atomic E-state index is -0.0545. The normalized spacial score (nSPS) is 13.5. The number of amidine groups is 1. The number of hydrogen-bond donors (Lipinski definition) is 1. The second-order valence-corrected chi connectivity index (χ2v) is 3.38. The van der Waals surface area contributed by atoms with Gasteiger partial charge in [0.25, 0.3) is 0 Å². The summed E-state index contributed by atoms with van der Waals surface area (Å²) in [6.45, 7) is 4.01. The molecule has 1 atom stereocenters. The molecule has 0 bridgehead atoms. The molecule has 0 aliphatic heterocycles. The number of likely N-dealkylation sites (N-methyl/N-ethyl adjacent to an activating group) is 1. The molecule has 3 heteroatoms. The summed E-state index contributed by atoms with van der Waals surface area (Å²) in [6, 6.07) is 7.97. The van der Waals surface area contributed by atoms with Crippen LogP contribution in [0.5, 0.6) is 5.75 Å². The summed E-state index contributed by atoms with van der Waals surface area (Å²) in [6.07, 6.45) is -0.0545. The van der Waals surface area contributed by atoms with Gasteiger partial charge in [-0.2, -0.15) is 0 Å². The van der Waals surface area contributed by atoms with E-state index in [9.17, 15) is 0 Å². The maximum Gasteiger partial charge on any atom is 0.152 e. The Bertz CT molecular complexity index is 347. The fourth-order valence-corrected chi connectivity index (χ4v) is 1.43. The third kappa shape index (κ3) is 2.98. The first-order valence-electron chi connectivity index (χ1n) is 5.05. The first-order valence-corrected chi connectivity index (χ1v) is 5.05. The monoisotopic (exact) mass is 206 g/mol. The van der Waals surface area contributed by atoms with Crippen LogP contribution >= 0.6 is 0 Å². The Balaban J connectivity index is 2.74. The van der Waals surface area contributed by atoms with Crippen LogP contribution in [0.3, 0.4) is 0 Å². The van der Waals surface area contributed by atoms with E-state index < -0.39 is 0 Å². The Morgan fingerprint density at radius 3 is 2.60 bits per heavy atom. The molecule has 0 fully saturated rings. The lowest BCUT2D eigenvalue weighted by atomic mass is 10.2. The molecule has 0 aromatic heterocycles. The van der Waals surface area contributed by atoms with Gasteiger partial charge in [-0.15, -0.1) is 0 Å². The quantitative estimate of drug-likeness (QED) is 0.606. The molecule has 0 radical (unpaired) electrons. The standard InChI is InChI=1S/C12H18N2O/c1-9-7-5-6-8-11(9)15-10(2)12(13-3)14-4/h5-8,10H,1-4H3,(H,13,14). The molecule has 1 N–H and O–H groups in total. The van der Waals surface area contributed by atoms with Crippen LogP contribution in [0.1, 0.15) is 12.5 Å². The molecule has 1 rings (SSSR count). The molecule has 1 unspecified atom stereocenters. The lowest BCUT2D eigenvalue weighted by Gasteiger charge is -2.17. The van der Waals surface area contributed by atoms with Gasteiger partial charge in [-0.3, -0.25) is 4.99 Å². The van der Waals surface area contributed by atoms with Crippen molar-refractivity contribution in [3.8, 4) is 5.75 Å². The van der Waals surface area contributed by atoms with Gasteiger partial charge in [-0.25, -0.2) is 0 Å². The highest BCUT2D eigenvalue weighted by Gasteiger charge is 2.10. The number of nitrogens with one attached hydrogen (secondary N) is 1. The Hall–Kier alpha value is -1.51. The van der Waals surface area contributed by atoms with Crippen LogP contribution in [-0.2, 0) is 0 Å². The van der Waals surface area contributed by atoms with Gasteiger partial charge in [0.15, 0.2) is 6.10 Å². The zero-order valence-electron chi connectivity index (χ0n) is 9.74. The van der Waals surface area contributed by atoms with Crippen LogP contribution in [0.4, 0.5) is 0 Å². The third-order valence-corrected chi connectivity index (χ3v) is 2.28. The van der Waals surface area contributed by atoms with Gasteiger partial charge in [0, 0.05) is 14.1 Å². The summed E-state index contributed by atoms with van der Waals surface area (Å²) < 4.78 is 5.80. The van der Waals surface area contributed by atoms with E-state index in [-0.39, 0.29) is 6.10 Å². The van der Waals surface area contributed by atoms with Crippen molar-refractivity contribution in [2.75, 3.05) is 14.1 Å². The van der Waals surface area contributed by atoms with Crippen molar-refractivity contribution in [2.24, 2.45) is 4.99 Å². The first kappa shape index (κ1) is 11.6. The largest absolute Gasteiger partial charge is 0.483 e. The van der Waals surface area contributed by atoms with Crippen molar-refractivity contribution in [2.45, 2.75) is 20.0 Å². The zero-order chi connectivity index (χ0) is 11.3. The van der Waals surface area contributed by atoms with E-state index in [1.165, 1.54) is 0 Å². The highest BCUT2D eigenvalue weighted by Crippen LogP contribution is 2.17. The van der Waals surface area contributed by atoms with E-state index in [2.05, 4.69) is 10.3 Å². The lowest BCUT2D eigenvalue weighted by molar-refractivity contribution is 0.281. The van der Waals surface area contributed by atoms with Gasteiger partial charge in [-0.05, 0) is 25.5 Å². The average Bonchev–Trinajstić information content (AvgIpc) is 2.23. The molecular formula is C12H18N2O. The Morgan fingerprint density at radius 1 is 1.40 bits per heavy atom. The number of nitrogens with zero attached hydrogens (tertiary/aromatic N) is 1. The van der Waals surface area contributed by atoms with Gasteiger partial charge in [0.2, 0.25) is 0 Å². The maximum absolute atomic E-state index is 5.80. The Labute approximate surface area is 91.2 Å². The van der Waals surface area contributed by atoms with E-state index in [0.29, 0.717) is 0 Å². The second-order valence-electron chi connectivity index (χ2n) is 3.38. The van der Waals surface area contributed by atoms with Crippen molar-refractivity contribution in [1.29, 1.82) is 0 Å². The molecule has 15 heavy (non-hydrogen) atoms. The predicted molar refractivity (Wildman–Crippen MR) is 63.7 cm³/mol. The summed E-state index contributed by atoms with van der Waals surface area (Å²) in [5.41, 5.74) is 1.14. The number of ether oxygens (including phenoxy) is 1. The fraction of sp³-hybridized carbons (Fsp3) is 0.417. The molecule has 1 aromatic carbocycles. The summed E-state index contributed by atoms with van der Waals surface area (Å²) in [5.74, 6) is 1.75. The van der Waals surface area contributed by atoms with Crippen molar-refractivity contribution < 1.29 is 4.74 Å². The second kappa shape index (κ2) is 5.39. The number of aryl methyl sites for hydroxylation is 1. The first-order chi connectivity index (χ1) is 7.19. The zero-order valence-corrected chi connectivity index (χ0v) is 9.74. The van der Waals surface area contributed by atoms with Crippen LogP contribution < -0.4 is 10.1 Å². The number of benzene rings is 1. The SMILES string of the molecule is CN=C(NC)C(C)Oc1ccccc1C. The number of rotatable bonds is 3. The highest BCUT2D eigenvalue weighted by atomic mass is 16.5. The molecule has 0 spiro atoms. The van der Waals surface area contributed by atoms with E-state index >= 15 is 0 Å². The molecule has 0 saturated heterocycles.